The van der Waals surface area contributed by atoms with Crippen LogP contribution in [0.5, 0.6) is 0 Å². The zero-order valence-electron chi connectivity index (χ0n) is 19.6. The fourth-order valence-electron chi connectivity index (χ4n) is 4.81. The zero-order valence-corrected chi connectivity index (χ0v) is 20.4. The van der Waals surface area contributed by atoms with Gasteiger partial charge in [-0.05, 0) is 26.7 Å². The summed E-state index contributed by atoms with van der Waals surface area (Å²) in [5, 5.41) is 0. The molecule has 1 atom stereocenters. The Labute approximate surface area is 205 Å². The van der Waals surface area contributed by atoms with E-state index in [1.165, 1.54) is 0 Å². The molecule has 4 N–H and O–H groups in total. The molecule has 2 fully saturated rings. The lowest BCUT2D eigenvalue weighted by molar-refractivity contribution is -0.134. The summed E-state index contributed by atoms with van der Waals surface area (Å²) in [7, 11) is 0. The molecular weight excluding hydrogens is 458 g/mol. The van der Waals surface area contributed by atoms with Crippen molar-refractivity contribution in [2.75, 3.05) is 61.5 Å². The zero-order chi connectivity index (χ0) is 23.2. The molecule has 0 unspecified atom stereocenters. The van der Waals surface area contributed by atoms with Gasteiger partial charge in [0.25, 0.3) is 0 Å². The summed E-state index contributed by atoms with van der Waals surface area (Å²) in [6.45, 7) is 8.50. The Hall–Kier alpha value is -2.76. The standard InChI is InChI=1S/C22H31N9O2.ClH/c1-22(2,24)19(32)30-5-3-15(13-30)31-6-4-16-17(14-11-25-20(23)26-12-14)27-21(28-18(16)31)29-7-9-33-10-8-29;/h11-12,15H,3-10,13,24H2,1-2H3,(H2,23,25,26);1H/t15-;/m0./s1. The topological polar surface area (TPSA) is 140 Å². The molecule has 0 aromatic carbocycles. The number of nitrogens with zero attached hydrogens (tertiary/aromatic N) is 7. The van der Waals surface area contributed by atoms with Crippen molar-refractivity contribution in [3.05, 3.63) is 18.0 Å². The van der Waals surface area contributed by atoms with Gasteiger partial charge in [0.05, 0.1) is 24.4 Å². The SMILES string of the molecule is CC(C)(N)C(=O)N1CC[C@H](N2CCc3c(-c4cnc(N)nc4)nc(N4CCOCC4)nc32)C1.Cl. The minimum atomic E-state index is -0.869. The number of rotatable bonds is 4. The van der Waals surface area contributed by atoms with Crippen LogP contribution in [0, 0.1) is 0 Å². The van der Waals surface area contributed by atoms with Crippen LogP contribution < -0.4 is 21.3 Å². The molecule has 2 aromatic heterocycles. The van der Waals surface area contributed by atoms with Gasteiger partial charge in [-0.2, -0.15) is 4.98 Å². The Morgan fingerprint density at radius 3 is 2.50 bits per heavy atom. The second kappa shape index (κ2) is 9.47. The molecule has 0 saturated carbocycles. The van der Waals surface area contributed by atoms with Crippen LogP contribution in [0.25, 0.3) is 11.3 Å². The number of morpholine rings is 1. The van der Waals surface area contributed by atoms with E-state index in [2.05, 4.69) is 19.8 Å². The highest BCUT2D eigenvalue weighted by Crippen LogP contribution is 2.37. The number of ether oxygens (including phenoxy) is 1. The van der Waals surface area contributed by atoms with Crippen molar-refractivity contribution < 1.29 is 9.53 Å². The minimum absolute atomic E-state index is 0. The summed E-state index contributed by atoms with van der Waals surface area (Å²) in [5.74, 6) is 1.84. The fraction of sp³-hybridized carbons (Fsp3) is 0.591. The Balaban J connectivity index is 0.00000274. The number of carbonyl (C=O) groups is 1. The largest absolute Gasteiger partial charge is 0.378 e. The Morgan fingerprint density at radius 2 is 1.82 bits per heavy atom. The molecule has 0 spiro atoms. The normalized spacial score (nSPS) is 20.3. The lowest BCUT2D eigenvalue weighted by atomic mass is 10.1. The first-order valence-corrected chi connectivity index (χ1v) is 11.5. The van der Waals surface area contributed by atoms with Gasteiger partial charge in [-0.15, -0.1) is 12.4 Å². The molecule has 0 radical (unpaired) electrons. The van der Waals surface area contributed by atoms with E-state index < -0.39 is 5.54 Å². The lowest BCUT2D eigenvalue weighted by Gasteiger charge is -2.30. The average Bonchev–Trinajstić information content (AvgIpc) is 3.45. The van der Waals surface area contributed by atoms with Crippen molar-refractivity contribution in [3.8, 4) is 11.3 Å². The van der Waals surface area contributed by atoms with Gasteiger partial charge >= 0.3 is 0 Å². The third-order valence-electron chi connectivity index (χ3n) is 6.53. The van der Waals surface area contributed by atoms with E-state index in [1.807, 2.05) is 4.90 Å². The van der Waals surface area contributed by atoms with Crippen molar-refractivity contribution in [1.82, 2.24) is 24.8 Å². The summed E-state index contributed by atoms with van der Waals surface area (Å²) in [5.41, 5.74) is 13.7. The van der Waals surface area contributed by atoms with Gasteiger partial charge in [0.2, 0.25) is 17.8 Å². The van der Waals surface area contributed by atoms with Gasteiger partial charge in [0.15, 0.2) is 0 Å². The van der Waals surface area contributed by atoms with Crippen LogP contribution in [0.15, 0.2) is 12.4 Å². The van der Waals surface area contributed by atoms with Crippen LogP contribution in [-0.4, -0.2) is 88.3 Å². The predicted octanol–water partition coefficient (Wildman–Crippen LogP) is 0.475. The Bertz CT molecular complexity index is 1040. The summed E-state index contributed by atoms with van der Waals surface area (Å²) < 4.78 is 5.52. The molecule has 5 heterocycles. The Morgan fingerprint density at radius 1 is 1.12 bits per heavy atom. The molecule has 3 aliphatic heterocycles. The van der Waals surface area contributed by atoms with Crippen molar-refractivity contribution in [3.63, 3.8) is 0 Å². The molecule has 2 aromatic rings. The average molecular weight is 490 g/mol. The third-order valence-corrected chi connectivity index (χ3v) is 6.53. The van der Waals surface area contributed by atoms with Gasteiger partial charge in [0, 0.05) is 62.3 Å². The number of likely N-dealkylation sites (tertiary alicyclic amines) is 1. The minimum Gasteiger partial charge on any atom is -0.378 e. The first-order valence-electron chi connectivity index (χ1n) is 11.5. The summed E-state index contributed by atoms with van der Waals surface area (Å²) in [4.78, 5) is 37.4. The molecule has 11 nitrogen and oxygen atoms in total. The highest BCUT2D eigenvalue weighted by molar-refractivity contribution is 5.86. The van der Waals surface area contributed by atoms with Crippen molar-refractivity contribution >= 4 is 36.0 Å². The summed E-state index contributed by atoms with van der Waals surface area (Å²) >= 11 is 0. The van der Waals surface area contributed by atoms with Crippen LogP contribution in [0.1, 0.15) is 25.8 Å². The smallest absolute Gasteiger partial charge is 0.242 e. The van der Waals surface area contributed by atoms with Gasteiger partial charge in [-0.3, -0.25) is 4.79 Å². The van der Waals surface area contributed by atoms with E-state index >= 15 is 0 Å². The highest BCUT2D eigenvalue weighted by Gasteiger charge is 2.39. The van der Waals surface area contributed by atoms with E-state index in [-0.39, 0.29) is 30.3 Å². The van der Waals surface area contributed by atoms with Crippen molar-refractivity contribution in [1.29, 1.82) is 0 Å². The van der Waals surface area contributed by atoms with Crippen molar-refractivity contribution in [2.45, 2.75) is 38.3 Å². The molecule has 2 saturated heterocycles. The molecule has 5 rings (SSSR count). The van der Waals surface area contributed by atoms with Gasteiger partial charge in [-0.25, -0.2) is 15.0 Å². The molecule has 0 bridgehead atoms. The maximum Gasteiger partial charge on any atom is 0.242 e. The second-order valence-electron chi connectivity index (χ2n) is 9.46. The van der Waals surface area contributed by atoms with Crippen LogP contribution >= 0.6 is 12.4 Å². The van der Waals surface area contributed by atoms with Crippen LogP contribution in [-0.2, 0) is 16.0 Å². The number of nitrogens with two attached hydrogens (primary N) is 2. The quantitative estimate of drug-likeness (QED) is 0.622. The predicted molar refractivity (Wildman–Crippen MR) is 132 cm³/mol. The molecular formula is C22H32ClN9O2. The lowest BCUT2D eigenvalue weighted by Crippen LogP contribution is -2.51. The molecule has 3 aliphatic rings. The van der Waals surface area contributed by atoms with E-state index in [4.69, 9.17) is 26.2 Å². The molecule has 34 heavy (non-hydrogen) atoms. The third kappa shape index (κ3) is 4.59. The van der Waals surface area contributed by atoms with Gasteiger partial charge in [0.1, 0.15) is 5.82 Å². The number of amides is 1. The number of fused-ring (bicyclic) bond motifs is 1. The number of anilines is 3. The van der Waals surface area contributed by atoms with E-state index in [0.29, 0.717) is 32.3 Å². The number of nitrogen functional groups attached to an aromatic ring is 1. The van der Waals surface area contributed by atoms with E-state index in [1.54, 1.807) is 26.2 Å². The van der Waals surface area contributed by atoms with Crippen LogP contribution in [0.3, 0.4) is 0 Å². The van der Waals surface area contributed by atoms with Crippen molar-refractivity contribution in [2.24, 2.45) is 5.73 Å². The van der Waals surface area contributed by atoms with E-state index in [0.717, 1.165) is 55.1 Å². The molecule has 12 heteroatoms. The van der Waals surface area contributed by atoms with Gasteiger partial charge < -0.3 is 30.9 Å². The first kappa shape index (κ1) is 24.4. The van der Waals surface area contributed by atoms with Gasteiger partial charge in [-0.1, -0.05) is 0 Å². The maximum absolute atomic E-state index is 12.7. The number of hydrogen-bond donors (Lipinski definition) is 2. The monoisotopic (exact) mass is 489 g/mol. The van der Waals surface area contributed by atoms with Crippen LogP contribution in [0.4, 0.5) is 17.7 Å². The highest BCUT2D eigenvalue weighted by atomic mass is 35.5. The summed E-state index contributed by atoms with van der Waals surface area (Å²) in [6.07, 6.45) is 5.15. The molecule has 184 valence electrons. The Kier molecular flexibility index (Phi) is 6.79. The number of carbonyl (C=O) groups excluding carboxylic acids is 1. The second-order valence-corrected chi connectivity index (χ2v) is 9.46. The summed E-state index contributed by atoms with van der Waals surface area (Å²) in [6, 6.07) is 0.195. The van der Waals surface area contributed by atoms with Crippen LogP contribution in [0.2, 0.25) is 0 Å². The number of halogens is 1. The number of aromatic nitrogens is 4. The number of hydrogen-bond acceptors (Lipinski definition) is 10. The fourth-order valence-corrected chi connectivity index (χ4v) is 4.81. The van der Waals surface area contributed by atoms with E-state index in [9.17, 15) is 4.79 Å². The first-order chi connectivity index (χ1) is 15.8. The molecule has 1 amide bonds. The maximum atomic E-state index is 12.7. The molecule has 0 aliphatic carbocycles.